The number of rotatable bonds is 6. The Morgan fingerprint density at radius 3 is 2.68 bits per heavy atom. The Morgan fingerprint density at radius 2 is 2.11 bits per heavy atom. The highest BCUT2D eigenvalue weighted by molar-refractivity contribution is 7.99. The first-order valence-corrected chi connectivity index (χ1v) is 8.78. The van der Waals surface area contributed by atoms with Gasteiger partial charge in [0.15, 0.2) is 0 Å². The maximum absolute atomic E-state index is 4.65. The lowest BCUT2D eigenvalue weighted by molar-refractivity contribution is 0.522. The molecule has 3 nitrogen and oxygen atoms in total. The molecule has 0 radical (unpaired) electrons. The van der Waals surface area contributed by atoms with Crippen LogP contribution in [-0.2, 0) is 26.4 Å². The number of aromatic nitrogens is 2. The van der Waals surface area contributed by atoms with E-state index in [0.29, 0.717) is 6.04 Å². The SMILES string of the molecule is CCc1nn(C)c(CC)c1CN[C@H]1CC[C@@H](SC)C1. The van der Waals surface area contributed by atoms with Crippen molar-refractivity contribution in [2.45, 2.75) is 63.8 Å². The van der Waals surface area contributed by atoms with Crippen molar-refractivity contribution in [2.24, 2.45) is 7.05 Å². The quantitative estimate of drug-likeness (QED) is 0.869. The lowest BCUT2D eigenvalue weighted by Crippen LogP contribution is -2.27. The zero-order chi connectivity index (χ0) is 13.8. The summed E-state index contributed by atoms with van der Waals surface area (Å²) in [6.07, 6.45) is 8.35. The predicted octanol–water partition coefficient (Wildman–Crippen LogP) is 2.92. The van der Waals surface area contributed by atoms with E-state index in [9.17, 15) is 0 Å². The van der Waals surface area contributed by atoms with E-state index >= 15 is 0 Å². The van der Waals surface area contributed by atoms with Crippen molar-refractivity contribution in [1.29, 1.82) is 0 Å². The molecule has 1 aromatic heterocycles. The molecule has 0 bridgehead atoms. The van der Waals surface area contributed by atoms with Crippen LogP contribution in [0, 0.1) is 0 Å². The molecule has 0 unspecified atom stereocenters. The zero-order valence-corrected chi connectivity index (χ0v) is 13.5. The largest absolute Gasteiger partial charge is 0.310 e. The highest BCUT2D eigenvalue weighted by Crippen LogP contribution is 2.28. The van der Waals surface area contributed by atoms with E-state index in [4.69, 9.17) is 0 Å². The van der Waals surface area contributed by atoms with Crippen molar-refractivity contribution >= 4 is 11.8 Å². The molecule has 19 heavy (non-hydrogen) atoms. The van der Waals surface area contributed by atoms with Crippen LogP contribution in [0.2, 0.25) is 0 Å². The van der Waals surface area contributed by atoms with Crippen LogP contribution in [0.1, 0.15) is 50.1 Å². The second kappa shape index (κ2) is 6.80. The summed E-state index contributed by atoms with van der Waals surface area (Å²) >= 11 is 2.02. The van der Waals surface area contributed by atoms with Crippen LogP contribution in [-0.4, -0.2) is 27.3 Å². The minimum Gasteiger partial charge on any atom is -0.310 e. The molecule has 1 N–H and O–H groups in total. The van der Waals surface area contributed by atoms with Crippen molar-refractivity contribution in [3.05, 3.63) is 17.0 Å². The molecule has 1 aromatic rings. The number of nitrogens with one attached hydrogen (secondary N) is 1. The fraction of sp³-hybridized carbons (Fsp3) is 0.800. The van der Waals surface area contributed by atoms with Crippen LogP contribution in [0.5, 0.6) is 0 Å². The van der Waals surface area contributed by atoms with Gasteiger partial charge in [0.05, 0.1) is 5.69 Å². The Kier molecular flexibility index (Phi) is 5.34. The second-order valence-corrected chi connectivity index (χ2v) is 6.59. The molecular weight excluding hydrogens is 254 g/mol. The molecule has 0 amide bonds. The van der Waals surface area contributed by atoms with E-state index < -0.39 is 0 Å². The van der Waals surface area contributed by atoms with Crippen molar-refractivity contribution in [1.82, 2.24) is 15.1 Å². The smallest absolute Gasteiger partial charge is 0.0669 e. The van der Waals surface area contributed by atoms with E-state index in [1.807, 2.05) is 11.8 Å². The Morgan fingerprint density at radius 1 is 1.32 bits per heavy atom. The third kappa shape index (κ3) is 3.34. The maximum atomic E-state index is 4.65. The molecule has 0 spiro atoms. The van der Waals surface area contributed by atoms with Gasteiger partial charge in [-0.15, -0.1) is 0 Å². The van der Waals surface area contributed by atoms with E-state index in [1.165, 1.54) is 36.2 Å². The van der Waals surface area contributed by atoms with Gasteiger partial charge in [-0.2, -0.15) is 16.9 Å². The molecule has 2 rings (SSSR count). The van der Waals surface area contributed by atoms with Gasteiger partial charge in [0.25, 0.3) is 0 Å². The second-order valence-electron chi connectivity index (χ2n) is 5.45. The third-order valence-electron chi connectivity index (χ3n) is 4.31. The molecule has 1 fully saturated rings. The summed E-state index contributed by atoms with van der Waals surface area (Å²) in [7, 11) is 2.07. The standard InChI is InChI=1S/C15H27N3S/c1-5-14-13(15(6-2)18(3)17-14)10-16-11-7-8-12(9-11)19-4/h11-12,16H,5-10H2,1-4H3/t11-,12+/m0/s1. The Balaban J connectivity index is 1.99. The van der Waals surface area contributed by atoms with Gasteiger partial charge in [-0.3, -0.25) is 4.68 Å². The minimum absolute atomic E-state index is 0.701. The zero-order valence-electron chi connectivity index (χ0n) is 12.7. The van der Waals surface area contributed by atoms with Crippen LogP contribution in [0.4, 0.5) is 0 Å². The fourth-order valence-electron chi connectivity index (χ4n) is 3.18. The van der Waals surface area contributed by atoms with Gasteiger partial charge in [-0.05, 0) is 38.4 Å². The van der Waals surface area contributed by atoms with Crippen LogP contribution in [0.25, 0.3) is 0 Å². The first kappa shape index (κ1) is 14.9. The van der Waals surface area contributed by atoms with E-state index in [0.717, 1.165) is 24.6 Å². The summed E-state index contributed by atoms with van der Waals surface area (Å²) < 4.78 is 2.06. The van der Waals surface area contributed by atoms with Crippen molar-refractivity contribution < 1.29 is 0 Å². The van der Waals surface area contributed by atoms with E-state index in [1.54, 1.807) is 0 Å². The van der Waals surface area contributed by atoms with E-state index in [-0.39, 0.29) is 0 Å². The molecule has 1 heterocycles. The molecule has 0 aliphatic heterocycles. The van der Waals surface area contributed by atoms with Gasteiger partial charge in [-0.1, -0.05) is 13.8 Å². The Bertz CT molecular complexity index is 414. The van der Waals surface area contributed by atoms with Crippen LogP contribution in [0.15, 0.2) is 0 Å². The fourth-order valence-corrected chi connectivity index (χ4v) is 3.98. The number of aryl methyl sites for hydroxylation is 2. The summed E-state index contributed by atoms with van der Waals surface area (Å²) in [5.41, 5.74) is 4.11. The molecule has 2 atom stereocenters. The van der Waals surface area contributed by atoms with Gasteiger partial charge in [-0.25, -0.2) is 0 Å². The summed E-state index contributed by atoms with van der Waals surface area (Å²) in [5, 5.41) is 9.27. The summed E-state index contributed by atoms with van der Waals surface area (Å²) in [6, 6.07) is 0.701. The number of thioether (sulfide) groups is 1. The molecule has 1 saturated carbocycles. The predicted molar refractivity (Wildman–Crippen MR) is 83.7 cm³/mol. The summed E-state index contributed by atoms with van der Waals surface area (Å²) in [4.78, 5) is 0. The molecule has 4 heteroatoms. The lowest BCUT2D eigenvalue weighted by atomic mass is 10.1. The molecule has 0 saturated heterocycles. The van der Waals surface area contributed by atoms with Gasteiger partial charge < -0.3 is 5.32 Å². The summed E-state index contributed by atoms with van der Waals surface area (Å²) in [6.45, 7) is 5.41. The number of hydrogen-bond acceptors (Lipinski definition) is 3. The topological polar surface area (TPSA) is 29.9 Å². The molecule has 1 aliphatic carbocycles. The van der Waals surface area contributed by atoms with Crippen molar-refractivity contribution in [2.75, 3.05) is 6.26 Å². The Labute approximate surface area is 121 Å². The minimum atomic E-state index is 0.701. The van der Waals surface area contributed by atoms with Crippen molar-refractivity contribution in [3.8, 4) is 0 Å². The monoisotopic (exact) mass is 281 g/mol. The Hall–Kier alpha value is -0.480. The molecular formula is C15H27N3S. The lowest BCUT2D eigenvalue weighted by Gasteiger charge is -2.13. The van der Waals surface area contributed by atoms with Crippen LogP contribution >= 0.6 is 11.8 Å². The molecule has 108 valence electrons. The van der Waals surface area contributed by atoms with E-state index in [2.05, 4.69) is 42.2 Å². The first-order chi connectivity index (χ1) is 9.19. The summed E-state index contributed by atoms with van der Waals surface area (Å²) in [5.74, 6) is 0. The van der Waals surface area contributed by atoms with Gasteiger partial charge in [0, 0.05) is 36.1 Å². The third-order valence-corrected chi connectivity index (χ3v) is 5.41. The number of nitrogens with zero attached hydrogens (tertiary/aromatic N) is 2. The van der Waals surface area contributed by atoms with Crippen molar-refractivity contribution in [3.63, 3.8) is 0 Å². The van der Waals surface area contributed by atoms with Gasteiger partial charge in [0.1, 0.15) is 0 Å². The van der Waals surface area contributed by atoms with Crippen LogP contribution in [0.3, 0.4) is 0 Å². The highest BCUT2D eigenvalue weighted by Gasteiger charge is 2.24. The highest BCUT2D eigenvalue weighted by atomic mass is 32.2. The maximum Gasteiger partial charge on any atom is 0.0669 e. The van der Waals surface area contributed by atoms with Crippen LogP contribution < -0.4 is 5.32 Å². The molecule has 0 aromatic carbocycles. The normalized spacial score (nSPS) is 23.2. The average Bonchev–Trinajstić information content (AvgIpc) is 2.99. The number of hydrogen-bond donors (Lipinski definition) is 1. The van der Waals surface area contributed by atoms with Gasteiger partial charge >= 0.3 is 0 Å². The molecule has 1 aliphatic rings. The first-order valence-electron chi connectivity index (χ1n) is 7.49. The van der Waals surface area contributed by atoms with Gasteiger partial charge in [0.2, 0.25) is 0 Å². The average molecular weight is 281 g/mol.